The van der Waals surface area contributed by atoms with E-state index in [0.717, 1.165) is 17.7 Å². The molecule has 0 aromatic heterocycles. The second kappa shape index (κ2) is 8.82. The van der Waals surface area contributed by atoms with Gasteiger partial charge in [0.15, 0.2) is 0 Å². The molecule has 2 N–H and O–H groups in total. The standard InChI is InChI=1S/C19H25N3O3S/c1-4-15-5-11-18(12-6-15)26(24,25)21-14-13-20-19(23)16-7-9-17(10-8-16)22(2)3/h5-12,21H,4,13-14H2,1-3H3,(H,20,23). The second-order valence-corrected chi connectivity index (χ2v) is 7.86. The molecule has 0 atom stereocenters. The number of amides is 1. The zero-order chi connectivity index (χ0) is 19.2. The molecular weight excluding hydrogens is 350 g/mol. The van der Waals surface area contributed by atoms with Crippen LogP contribution in [0.2, 0.25) is 0 Å². The highest BCUT2D eigenvalue weighted by Crippen LogP contribution is 2.12. The largest absolute Gasteiger partial charge is 0.378 e. The fraction of sp³-hybridized carbons (Fsp3) is 0.316. The maximum absolute atomic E-state index is 12.2. The molecule has 26 heavy (non-hydrogen) atoms. The monoisotopic (exact) mass is 375 g/mol. The normalized spacial score (nSPS) is 11.2. The summed E-state index contributed by atoms with van der Waals surface area (Å²) >= 11 is 0. The number of nitrogens with zero attached hydrogens (tertiary/aromatic N) is 1. The number of carbonyl (C=O) groups is 1. The molecule has 0 aliphatic rings. The van der Waals surface area contributed by atoms with Crippen LogP contribution in [-0.2, 0) is 16.4 Å². The number of aryl methyl sites for hydroxylation is 1. The Labute approximate surface area is 155 Å². The van der Waals surface area contributed by atoms with Gasteiger partial charge >= 0.3 is 0 Å². The molecule has 0 spiro atoms. The van der Waals surface area contributed by atoms with E-state index >= 15 is 0 Å². The number of carbonyl (C=O) groups excluding carboxylic acids is 1. The van der Waals surface area contributed by atoms with E-state index in [1.165, 1.54) is 0 Å². The van der Waals surface area contributed by atoms with Crippen molar-refractivity contribution < 1.29 is 13.2 Å². The first kappa shape index (κ1) is 19.9. The van der Waals surface area contributed by atoms with Gasteiger partial charge in [-0.2, -0.15) is 0 Å². The van der Waals surface area contributed by atoms with Gasteiger partial charge in [0.05, 0.1) is 4.90 Å². The summed E-state index contributed by atoms with van der Waals surface area (Å²) in [5, 5.41) is 2.71. The van der Waals surface area contributed by atoms with Crippen molar-refractivity contribution in [1.29, 1.82) is 0 Å². The molecule has 2 aromatic rings. The molecule has 0 saturated heterocycles. The number of benzene rings is 2. The zero-order valence-electron chi connectivity index (χ0n) is 15.3. The van der Waals surface area contributed by atoms with Gasteiger partial charge in [-0.25, -0.2) is 13.1 Å². The first-order valence-corrected chi connectivity index (χ1v) is 9.96. The minimum atomic E-state index is -3.57. The van der Waals surface area contributed by atoms with Crippen molar-refractivity contribution >= 4 is 21.6 Å². The Kier molecular flexibility index (Phi) is 6.76. The topological polar surface area (TPSA) is 78.5 Å². The molecular formula is C19H25N3O3S. The fourth-order valence-electron chi connectivity index (χ4n) is 2.36. The molecule has 0 aliphatic heterocycles. The van der Waals surface area contributed by atoms with Crippen LogP contribution in [0.15, 0.2) is 53.4 Å². The lowest BCUT2D eigenvalue weighted by molar-refractivity contribution is 0.0954. The van der Waals surface area contributed by atoms with Gasteiger partial charge in [0.25, 0.3) is 5.91 Å². The highest BCUT2D eigenvalue weighted by atomic mass is 32.2. The fourth-order valence-corrected chi connectivity index (χ4v) is 3.39. The van der Waals surface area contributed by atoms with Crippen LogP contribution in [0, 0.1) is 0 Å². The Hall–Kier alpha value is -2.38. The Balaban J connectivity index is 1.84. The minimum Gasteiger partial charge on any atom is -0.378 e. The summed E-state index contributed by atoms with van der Waals surface area (Å²) in [4.78, 5) is 14.3. The van der Waals surface area contributed by atoms with Crippen LogP contribution in [0.4, 0.5) is 5.69 Å². The van der Waals surface area contributed by atoms with Crippen LogP contribution in [0.25, 0.3) is 0 Å². The average Bonchev–Trinajstić information content (AvgIpc) is 2.65. The van der Waals surface area contributed by atoms with E-state index in [4.69, 9.17) is 0 Å². The summed E-state index contributed by atoms with van der Waals surface area (Å²) in [5.41, 5.74) is 2.62. The summed E-state index contributed by atoms with van der Waals surface area (Å²) in [6.07, 6.45) is 0.856. The molecule has 2 aromatic carbocycles. The van der Waals surface area contributed by atoms with Crippen LogP contribution in [0.3, 0.4) is 0 Å². The SMILES string of the molecule is CCc1ccc(S(=O)(=O)NCCNC(=O)c2ccc(N(C)C)cc2)cc1. The summed E-state index contributed by atoms with van der Waals surface area (Å²) < 4.78 is 26.9. The maximum atomic E-state index is 12.2. The summed E-state index contributed by atoms with van der Waals surface area (Å²) in [7, 11) is 0.285. The van der Waals surface area contributed by atoms with E-state index in [9.17, 15) is 13.2 Å². The third kappa shape index (κ3) is 5.31. The molecule has 0 bridgehead atoms. The third-order valence-corrected chi connectivity index (χ3v) is 5.47. The Bertz CT molecular complexity index is 829. The molecule has 0 fully saturated rings. The second-order valence-electron chi connectivity index (χ2n) is 6.09. The number of rotatable bonds is 8. The van der Waals surface area contributed by atoms with Crippen LogP contribution in [0.5, 0.6) is 0 Å². The van der Waals surface area contributed by atoms with Gasteiger partial charge in [0.2, 0.25) is 10.0 Å². The molecule has 6 nitrogen and oxygen atoms in total. The van der Waals surface area contributed by atoms with Crippen molar-refractivity contribution in [1.82, 2.24) is 10.0 Å². The summed E-state index contributed by atoms with van der Waals surface area (Å²) in [6.45, 7) is 2.35. The van der Waals surface area contributed by atoms with Crippen molar-refractivity contribution in [3.05, 3.63) is 59.7 Å². The quantitative estimate of drug-likeness (QED) is 0.692. The van der Waals surface area contributed by atoms with Gasteiger partial charge < -0.3 is 10.2 Å². The number of nitrogens with one attached hydrogen (secondary N) is 2. The van der Waals surface area contributed by atoms with Gasteiger partial charge in [-0.1, -0.05) is 19.1 Å². The predicted molar refractivity (Wildman–Crippen MR) is 104 cm³/mol. The first-order chi connectivity index (χ1) is 12.3. The van der Waals surface area contributed by atoms with E-state index in [1.807, 2.05) is 38.1 Å². The van der Waals surface area contributed by atoms with Crippen molar-refractivity contribution in [3.63, 3.8) is 0 Å². The Morgan fingerprint density at radius 3 is 2.12 bits per heavy atom. The van der Waals surface area contributed by atoms with Crippen LogP contribution in [0.1, 0.15) is 22.8 Å². The van der Waals surface area contributed by atoms with E-state index in [1.54, 1.807) is 36.4 Å². The van der Waals surface area contributed by atoms with E-state index in [-0.39, 0.29) is 23.9 Å². The third-order valence-electron chi connectivity index (χ3n) is 3.99. The number of sulfonamides is 1. The number of anilines is 1. The molecule has 0 heterocycles. The summed E-state index contributed by atoms with van der Waals surface area (Å²) in [6, 6.07) is 14.0. The van der Waals surface area contributed by atoms with Gasteiger partial charge in [-0.3, -0.25) is 4.79 Å². The highest BCUT2D eigenvalue weighted by Gasteiger charge is 2.13. The molecule has 0 radical (unpaired) electrons. The summed E-state index contributed by atoms with van der Waals surface area (Å²) in [5.74, 6) is -0.234. The number of hydrogen-bond acceptors (Lipinski definition) is 4. The number of hydrogen-bond donors (Lipinski definition) is 2. The lowest BCUT2D eigenvalue weighted by Gasteiger charge is -2.12. The predicted octanol–water partition coefficient (Wildman–Crippen LogP) is 2.02. The van der Waals surface area contributed by atoms with E-state index in [2.05, 4.69) is 10.0 Å². The lowest BCUT2D eigenvalue weighted by atomic mass is 10.2. The van der Waals surface area contributed by atoms with Crippen LogP contribution >= 0.6 is 0 Å². The highest BCUT2D eigenvalue weighted by molar-refractivity contribution is 7.89. The first-order valence-electron chi connectivity index (χ1n) is 8.47. The van der Waals surface area contributed by atoms with Crippen molar-refractivity contribution in [3.8, 4) is 0 Å². The van der Waals surface area contributed by atoms with Crippen LogP contribution in [-0.4, -0.2) is 41.5 Å². The van der Waals surface area contributed by atoms with Crippen molar-refractivity contribution in [2.75, 3.05) is 32.1 Å². The van der Waals surface area contributed by atoms with Crippen LogP contribution < -0.4 is 14.9 Å². The lowest BCUT2D eigenvalue weighted by Crippen LogP contribution is -2.34. The smallest absolute Gasteiger partial charge is 0.251 e. The van der Waals surface area contributed by atoms with Gasteiger partial charge in [0.1, 0.15) is 0 Å². The Morgan fingerprint density at radius 1 is 0.962 bits per heavy atom. The average molecular weight is 375 g/mol. The van der Waals surface area contributed by atoms with E-state index < -0.39 is 10.0 Å². The van der Waals surface area contributed by atoms with Gasteiger partial charge in [-0.15, -0.1) is 0 Å². The van der Waals surface area contributed by atoms with Crippen molar-refractivity contribution in [2.45, 2.75) is 18.2 Å². The van der Waals surface area contributed by atoms with Gasteiger partial charge in [0, 0.05) is 38.4 Å². The maximum Gasteiger partial charge on any atom is 0.251 e. The molecule has 0 unspecified atom stereocenters. The minimum absolute atomic E-state index is 0.124. The van der Waals surface area contributed by atoms with Crippen molar-refractivity contribution in [2.24, 2.45) is 0 Å². The molecule has 0 saturated carbocycles. The molecule has 7 heteroatoms. The molecule has 140 valence electrons. The van der Waals surface area contributed by atoms with E-state index in [0.29, 0.717) is 5.56 Å². The molecule has 0 aliphatic carbocycles. The Morgan fingerprint density at radius 2 is 1.58 bits per heavy atom. The zero-order valence-corrected chi connectivity index (χ0v) is 16.1. The van der Waals surface area contributed by atoms with Gasteiger partial charge in [-0.05, 0) is 48.4 Å². The molecule has 2 rings (SSSR count). The molecule has 1 amide bonds.